The Hall–Kier alpha value is -1.81. The standard InChI is InChI=1S/C18H21BrN2O/c1-13-12-16(19)8-9-17(13)20-11-10-18(22)21-14(2)15-6-4-3-5-7-15/h3-9,12,14,20H,10-11H2,1-2H3,(H,21,22). The highest BCUT2D eigenvalue weighted by atomic mass is 79.9. The van der Waals surface area contributed by atoms with Gasteiger partial charge in [0.05, 0.1) is 6.04 Å². The highest BCUT2D eigenvalue weighted by Gasteiger charge is 2.09. The van der Waals surface area contributed by atoms with E-state index in [4.69, 9.17) is 0 Å². The largest absolute Gasteiger partial charge is 0.384 e. The van der Waals surface area contributed by atoms with Crippen molar-refractivity contribution in [2.24, 2.45) is 0 Å². The monoisotopic (exact) mass is 360 g/mol. The van der Waals surface area contributed by atoms with E-state index in [2.05, 4.69) is 32.6 Å². The van der Waals surface area contributed by atoms with Gasteiger partial charge in [-0.15, -0.1) is 0 Å². The van der Waals surface area contributed by atoms with E-state index >= 15 is 0 Å². The Labute approximate surface area is 140 Å². The van der Waals surface area contributed by atoms with E-state index < -0.39 is 0 Å². The Morgan fingerprint density at radius 1 is 1.18 bits per heavy atom. The first-order chi connectivity index (χ1) is 10.6. The van der Waals surface area contributed by atoms with Crippen LogP contribution in [-0.4, -0.2) is 12.5 Å². The van der Waals surface area contributed by atoms with E-state index in [-0.39, 0.29) is 11.9 Å². The minimum Gasteiger partial charge on any atom is -0.384 e. The molecule has 2 aromatic carbocycles. The molecular formula is C18H21BrN2O. The van der Waals surface area contributed by atoms with Crippen LogP contribution in [0.1, 0.15) is 30.5 Å². The van der Waals surface area contributed by atoms with Gasteiger partial charge in [-0.25, -0.2) is 0 Å². The van der Waals surface area contributed by atoms with E-state index in [0.29, 0.717) is 13.0 Å². The molecule has 1 unspecified atom stereocenters. The molecule has 0 aliphatic heterocycles. The van der Waals surface area contributed by atoms with Gasteiger partial charge in [-0.1, -0.05) is 46.3 Å². The number of hydrogen-bond donors (Lipinski definition) is 2. The van der Waals surface area contributed by atoms with E-state index in [0.717, 1.165) is 21.3 Å². The molecule has 2 aromatic rings. The van der Waals surface area contributed by atoms with Crippen molar-refractivity contribution in [2.75, 3.05) is 11.9 Å². The third-order valence-electron chi connectivity index (χ3n) is 3.53. The van der Waals surface area contributed by atoms with Crippen molar-refractivity contribution in [3.05, 3.63) is 64.1 Å². The van der Waals surface area contributed by atoms with E-state index in [9.17, 15) is 4.79 Å². The fourth-order valence-corrected chi connectivity index (χ4v) is 2.75. The number of amides is 1. The van der Waals surface area contributed by atoms with Gasteiger partial charge in [0.1, 0.15) is 0 Å². The lowest BCUT2D eigenvalue weighted by molar-refractivity contribution is -0.121. The molecule has 0 aliphatic rings. The lowest BCUT2D eigenvalue weighted by atomic mass is 10.1. The predicted octanol–water partition coefficient (Wildman–Crippen LogP) is 4.44. The van der Waals surface area contributed by atoms with Gasteiger partial charge in [-0.3, -0.25) is 4.79 Å². The summed E-state index contributed by atoms with van der Waals surface area (Å²) < 4.78 is 1.06. The molecule has 22 heavy (non-hydrogen) atoms. The predicted molar refractivity (Wildman–Crippen MR) is 95.0 cm³/mol. The van der Waals surface area contributed by atoms with Gasteiger partial charge in [0.15, 0.2) is 0 Å². The normalized spacial score (nSPS) is 11.8. The summed E-state index contributed by atoms with van der Waals surface area (Å²) in [5.41, 5.74) is 3.34. The highest BCUT2D eigenvalue weighted by Crippen LogP contribution is 2.19. The zero-order chi connectivity index (χ0) is 15.9. The van der Waals surface area contributed by atoms with Gasteiger partial charge in [0.2, 0.25) is 5.91 Å². The van der Waals surface area contributed by atoms with Crippen LogP contribution in [0, 0.1) is 6.92 Å². The van der Waals surface area contributed by atoms with Crippen LogP contribution in [0.15, 0.2) is 53.0 Å². The minimum absolute atomic E-state index is 0.0307. The SMILES string of the molecule is Cc1cc(Br)ccc1NCCC(=O)NC(C)c1ccccc1. The van der Waals surface area contributed by atoms with Crippen LogP contribution in [0.4, 0.5) is 5.69 Å². The number of aryl methyl sites for hydroxylation is 1. The fourth-order valence-electron chi connectivity index (χ4n) is 2.27. The second-order valence-corrected chi connectivity index (χ2v) is 6.25. The second-order valence-electron chi connectivity index (χ2n) is 5.34. The summed E-state index contributed by atoms with van der Waals surface area (Å²) in [6, 6.07) is 16.1. The number of anilines is 1. The second kappa shape index (κ2) is 7.99. The van der Waals surface area contributed by atoms with Crippen LogP contribution in [0.5, 0.6) is 0 Å². The topological polar surface area (TPSA) is 41.1 Å². The average molecular weight is 361 g/mol. The number of benzene rings is 2. The molecule has 0 spiro atoms. The molecule has 0 fully saturated rings. The summed E-state index contributed by atoms with van der Waals surface area (Å²) in [4.78, 5) is 12.0. The molecular weight excluding hydrogens is 340 g/mol. The first-order valence-electron chi connectivity index (χ1n) is 7.40. The molecule has 0 heterocycles. The van der Waals surface area contributed by atoms with Crippen molar-refractivity contribution in [2.45, 2.75) is 26.3 Å². The van der Waals surface area contributed by atoms with Crippen LogP contribution in [0.2, 0.25) is 0 Å². The quantitative estimate of drug-likeness (QED) is 0.799. The molecule has 0 bridgehead atoms. The minimum atomic E-state index is 0.0307. The molecule has 4 heteroatoms. The van der Waals surface area contributed by atoms with Crippen molar-refractivity contribution in [1.29, 1.82) is 0 Å². The van der Waals surface area contributed by atoms with E-state index in [1.165, 1.54) is 0 Å². The van der Waals surface area contributed by atoms with Crippen molar-refractivity contribution < 1.29 is 4.79 Å². The van der Waals surface area contributed by atoms with E-state index in [1.807, 2.05) is 56.3 Å². The van der Waals surface area contributed by atoms with Gasteiger partial charge >= 0.3 is 0 Å². The zero-order valence-corrected chi connectivity index (χ0v) is 14.5. The van der Waals surface area contributed by atoms with Crippen molar-refractivity contribution in [3.8, 4) is 0 Å². The lowest BCUT2D eigenvalue weighted by Crippen LogP contribution is -2.28. The average Bonchev–Trinajstić information content (AvgIpc) is 2.50. The third-order valence-corrected chi connectivity index (χ3v) is 4.03. The van der Waals surface area contributed by atoms with Gasteiger partial charge < -0.3 is 10.6 Å². The maximum absolute atomic E-state index is 12.0. The highest BCUT2D eigenvalue weighted by molar-refractivity contribution is 9.10. The summed E-state index contributed by atoms with van der Waals surface area (Å²) in [5.74, 6) is 0.0543. The van der Waals surface area contributed by atoms with Gasteiger partial charge in [-0.2, -0.15) is 0 Å². The maximum atomic E-state index is 12.0. The van der Waals surface area contributed by atoms with Gasteiger partial charge in [0, 0.05) is 23.1 Å². The molecule has 1 atom stereocenters. The number of carbonyl (C=O) groups excluding carboxylic acids is 1. The maximum Gasteiger partial charge on any atom is 0.222 e. The summed E-state index contributed by atoms with van der Waals surface area (Å²) in [6.45, 7) is 4.67. The zero-order valence-electron chi connectivity index (χ0n) is 12.9. The third kappa shape index (κ3) is 4.88. The molecule has 2 N–H and O–H groups in total. The first kappa shape index (κ1) is 16.6. The molecule has 3 nitrogen and oxygen atoms in total. The summed E-state index contributed by atoms with van der Waals surface area (Å²) >= 11 is 3.45. The molecule has 1 amide bonds. The Bertz CT molecular complexity index is 628. The van der Waals surface area contributed by atoms with Crippen LogP contribution in [-0.2, 0) is 4.79 Å². The Balaban J connectivity index is 1.78. The molecule has 0 aromatic heterocycles. The summed E-state index contributed by atoms with van der Waals surface area (Å²) in [7, 11) is 0. The first-order valence-corrected chi connectivity index (χ1v) is 8.20. The molecule has 0 aliphatic carbocycles. The molecule has 0 saturated carbocycles. The van der Waals surface area contributed by atoms with E-state index in [1.54, 1.807) is 0 Å². The van der Waals surface area contributed by atoms with Crippen molar-refractivity contribution >= 4 is 27.5 Å². The number of hydrogen-bond acceptors (Lipinski definition) is 2. The van der Waals surface area contributed by atoms with Crippen LogP contribution in [0.25, 0.3) is 0 Å². The number of nitrogens with one attached hydrogen (secondary N) is 2. The molecule has 116 valence electrons. The lowest BCUT2D eigenvalue weighted by Gasteiger charge is -2.15. The van der Waals surface area contributed by atoms with Crippen LogP contribution in [0.3, 0.4) is 0 Å². The smallest absolute Gasteiger partial charge is 0.222 e. The number of rotatable bonds is 6. The van der Waals surface area contributed by atoms with Crippen molar-refractivity contribution in [3.63, 3.8) is 0 Å². The number of carbonyl (C=O) groups is 1. The number of halogens is 1. The summed E-state index contributed by atoms with van der Waals surface area (Å²) in [5, 5.41) is 6.32. The Morgan fingerprint density at radius 3 is 2.59 bits per heavy atom. The molecule has 0 radical (unpaired) electrons. The van der Waals surface area contributed by atoms with Crippen LogP contribution < -0.4 is 10.6 Å². The molecule has 0 saturated heterocycles. The Kier molecular flexibility index (Phi) is 6.01. The van der Waals surface area contributed by atoms with Gasteiger partial charge in [-0.05, 0) is 43.2 Å². The molecule has 2 rings (SSSR count). The Morgan fingerprint density at radius 2 is 1.91 bits per heavy atom. The summed E-state index contributed by atoms with van der Waals surface area (Å²) in [6.07, 6.45) is 0.451. The van der Waals surface area contributed by atoms with Crippen LogP contribution >= 0.6 is 15.9 Å². The fraction of sp³-hybridized carbons (Fsp3) is 0.278. The van der Waals surface area contributed by atoms with Crippen molar-refractivity contribution in [1.82, 2.24) is 5.32 Å². The van der Waals surface area contributed by atoms with Gasteiger partial charge in [0.25, 0.3) is 0 Å².